The van der Waals surface area contributed by atoms with E-state index in [9.17, 15) is 4.79 Å². The maximum atomic E-state index is 11.0. The monoisotopic (exact) mass is 192 g/mol. The van der Waals surface area contributed by atoms with Gasteiger partial charge in [-0.3, -0.25) is 4.79 Å². The second kappa shape index (κ2) is 4.13. The Morgan fingerprint density at radius 1 is 1.36 bits per heavy atom. The summed E-state index contributed by atoms with van der Waals surface area (Å²) in [5.41, 5.74) is 5.74. The minimum Gasteiger partial charge on any atom is -0.384 e. The summed E-state index contributed by atoms with van der Waals surface area (Å²) in [5, 5.41) is 3.17. The molecule has 1 aromatic carbocycles. The van der Waals surface area contributed by atoms with Crippen LogP contribution in [0.25, 0.3) is 0 Å². The van der Waals surface area contributed by atoms with Crippen molar-refractivity contribution in [2.45, 2.75) is 13.8 Å². The van der Waals surface area contributed by atoms with Crippen molar-refractivity contribution >= 4 is 11.6 Å². The molecule has 0 spiro atoms. The van der Waals surface area contributed by atoms with Gasteiger partial charge in [0.15, 0.2) is 0 Å². The van der Waals surface area contributed by atoms with Crippen LogP contribution < -0.4 is 11.1 Å². The predicted octanol–water partition coefficient (Wildman–Crippen LogP) is 1.61. The van der Waals surface area contributed by atoms with Gasteiger partial charge in [-0.2, -0.15) is 0 Å². The molecule has 76 valence electrons. The van der Waals surface area contributed by atoms with Gasteiger partial charge in [0.2, 0.25) is 5.91 Å². The number of carbonyl (C=O) groups excluding carboxylic acids is 1. The third-order valence-corrected chi connectivity index (χ3v) is 2.18. The molecule has 0 aliphatic rings. The molecular weight excluding hydrogens is 176 g/mol. The van der Waals surface area contributed by atoms with Gasteiger partial charge in [0.05, 0.1) is 5.41 Å². The summed E-state index contributed by atoms with van der Waals surface area (Å²) in [6, 6.07) is 9.75. The minimum absolute atomic E-state index is 0.291. The highest BCUT2D eigenvalue weighted by Crippen LogP contribution is 2.15. The first kappa shape index (κ1) is 10.6. The zero-order chi connectivity index (χ0) is 10.6. The average Bonchev–Trinajstić information content (AvgIpc) is 2.16. The van der Waals surface area contributed by atoms with Crippen LogP contribution in [0.3, 0.4) is 0 Å². The number of anilines is 1. The minimum atomic E-state index is -0.518. The Labute approximate surface area is 84.3 Å². The SMILES string of the molecule is CC(C)(CNc1ccccc1)C(N)=O. The number of amides is 1. The smallest absolute Gasteiger partial charge is 0.224 e. The molecule has 0 unspecified atom stereocenters. The third-order valence-electron chi connectivity index (χ3n) is 2.18. The van der Waals surface area contributed by atoms with Crippen molar-refractivity contribution in [3.8, 4) is 0 Å². The lowest BCUT2D eigenvalue weighted by Crippen LogP contribution is -2.37. The number of primary amides is 1. The van der Waals surface area contributed by atoms with Gasteiger partial charge in [0.1, 0.15) is 0 Å². The van der Waals surface area contributed by atoms with Crippen molar-refractivity contribution in [2.24, 2.45) is 11.1 Å². The summed E-state index contributed by atoms with van der Waals surface area (Å²) >= 11 is 0. The molecule has 0 fully saturated rings. The van der Waals surface area contributed by atoms with Crippen LogP contribution in [-0.2, 0) is 4.79 Å². The molecule has 0 atom stereocenters. The van der Waals surface area contributed by atoms with E-state index in [2.05, 4.69) is 5.32 Å². The molecule has 14 heavy (non-hydrogen) atoms. The van der Waals surface area contributed by atoms with Gasteiger partial charge < -0.3 is 11.1 Å². The molecular formula is C11H16N2O. The Hall–Kier alpha value is -1.51. The lowest BCUT2D eigenvalue weighted by Gasteiger charge is -2.21. The molecule has 0 bridgehead atoms. The first-order chi connectivity index (χ1) is 6.52. The van der Waals surface area contributed by atoms with Crippen molar-refractivity contribution in [2.75, 3.05) is 11.9 Å². The molecule has 0 saturated heterocycles. The van der Waals surface area contributed by atoms with Crippen LogP contribution in [0.2, 0.25) is 0 Å². The first-order valence-corrected chi connectivity index (χ1v) is 4.61. The largest absolute Gasteiger partial charge is 0.384 e. The highest BCUT2D eigenvalue weighted by Gasteiger charge is 2.24. The van der Waals surface area contributed by atoms with E-state index in [1.54, 1.807) is 0 Å². The lowest BCUT2D eigenvalue weighted by atomic mass is 9.93. The summed E-state index contributed by atoms with van der Waals surface area (Å²) in [4.78, 5) is 11.0. The molecule has 0 aliphatic carbocycles. The van der Waals surface area contributed by atoms with Crippen molar-refractivity contribution in [1.29, 1.82) is 0 Å². The molecule has 3 N–H and O–H groups in total. The molecule has 0 radical (unpaired) electrons. The van der Waals surface area contributed by atoms with E-state index in [1.807, 2.05) is 44.2 Å². The van der Waals surface area contributed by atoms with E-state index in [1.165, 1.54) is 0 Å². The van der Waals surface area contributed by atoms with Gasteiger partial charge in [-0.05, 0) is 26.0 Å². The maximum Gasteiger partial charge on any atom is 0.224 e. The maximum absolute atomic E-state index is 11.0. The molecule has 0 aliphatic heterocycles. The molecule has 1 amide bonds. The number of nitrogens with one attached hydrogen (secondary N) is 1. The Balaban J connectivity index is 2.53. The molecule has 0 saturated carbocycles. The van der Waals surface area contributed by atoms with Gasteiger partial charge in [-0.1, -0.05) is 18.2 Å². The summed E-state index contributed by atoms with van der Waals surface area (Å²) in [5.74, 6) is -0.291. The summed E-state index contributed by atoms with van der Waals surface area (Å²) < 4.78 is 0. The van der Waals surface area contributed by atoms with Gasteiger partial charge in [-0.15, -0.1) is 0 Å². The van der Waals surface area contributed by atoms with Crippen LogP contribution in [0.4, 0.5) is 5.69 Å². The topological polar surface area (TPSA) is 55.1 Å². The van der Waals surface area contributed by atoms with Crippen molar-refractivity contribution < 1.29 is 4.79 Å². The van der Waals surface area contributed by atoms with Crippen molar-refractivity contribution in [3.63, 3.8) is 0 Å². The third kappa shape index (κ3) is 2.76. The van der Waals surface area contributed by atoms with Crippen LogP contribution >= 0.6 is 0 Å². The molecule has 3 heteroatoms. The molecule has 1 aromatic rings. The van der Waals surface area contributed by atoms with Crippen molar-refractivity contribution in [3.05, 3.63) is 30.3 Å². The Morgan fingerprint density at radius 3 is 2.43 bits per heavy atom. The zero-order valence-corrected chi connectivity index (χ0v) is 8.58. The standard InChI is InChI=1S/C11H16N2O/c1-11(2,10(12)14)8-13-9-6-4-3-5-7-9/h3-7,13H,8H2,1-2H3,(H2,12,14). The number of nitrogens with two attached hydrogens (primary N) is 1. The first-order valence-electron chi connectivity index (χ1n) is 4.61. The average molecular weight is 192 g/mol. The Bertz CT molecular complexity index is 306. The van der Waals surface area contributed by atoms with E-state index < -0.39 is 5.41 Å². The van der Waals surface area contributed by atoms with Crippen LogP contribution in [0.5, 0.6) is 0 Å². The van der Waals surface area contributed by atoms with E-state index in [-0.39, 0.29) is 5.91 Å². The normalized spacial score (nSPS) is 11.0. The summed E-state index contributed by atoms with van der Waals surface area (Å²) in [6.07, 6.45) is 0. The number of carbonyl (C=O) groups is 1. The zero-order valence-electron chi connectivity index (χ0n) is 8.58. The number of hydrogen-bond donors (Lipinski definition) is 2. The summed E-state index contributed by atoms with van der Waals surface area (Å²) in [7, 11) is 0. The fraction of sp³-hybridized carbons (Fsp3) is 0.364. The number of hydrogen-bond acceptors (Lipinski definition) is 2. The molecule has 0 heterocycles. The summed E-state index contributed by atoms with van der Waals surface area (Å²) in [6.45, 7) is 4.20. The van der Waals surface area contributed by atoms with E-state index in [0.717, 1.165) is 5.69 Å². The quantitative estimate of drug-likeness (QED) is 0.761. The fourth-order valence-corrected chi connectivity index (χ4v) is 0.966. The highest BCUT2D eigenvalue weighted by molar-refractivity contribution is 5.80. The van der Waals surface area contributed by atoms with Crippen molar-refractivity contribution in [1.82, 2.24) is 0 Å². The second-order valence-electron chi connectivity index (χ2n) is 3.97. The van der Waals surface area contributed by atoms with E-state index >= 15 is 0 Å². The lowest BCUT2D eigenvalue weighted by molar-refractivity contribution is -0.125. The van der Waals surface area contributed by atoms with Crippen LogP contribution in [0.1, 0.15) is 13.8 Å². The van der Waals surface area contributed by atoms with E-state index in [0.29, 0.717) is 6.54 Å². The predicted molar refractivity (Wildman–Crippen MR) is 57.9 cm³/mol. The Morgan fingerprint density at radius 2 is 1.93 bits per heavy atom. The van der Waals surface area contributed by atoms with Gasteiger partial charge in [0.25, 0.3) is 0 Å². The van der Waals surface area contributed by atoms with Gasteiger partial charge in [0, 0.05) is 12.2 Å². The van der Waals surface area contributed by atoms with Crippen LogP contribution in [0, 0.1) is 5.41 Å². The second-order valence-corrected chi connectivity index (χ2v) is 3.97. The highest BCUT2D eigenvalue weighted by atomic mass is 16.1. The molecule has 0 aromatic heterocycles. The number of benzene rings is 1. The van der Waals surface area contributed by atoms with Gasteiger partial charge in [-0.25, -0.2) is 0 Å². The molecule has 3 nitrogen and oxygen atoms in total. The fourth-order valence-electron chi connectivity index (χ4n) is 0.966. The van der Waals surface area contributed by atoms with E-state index in [4.69, 9.17) is 5.73 Å². The number of rotatable bonds is 4. The van der Waals surface area contributed by atoms with Crippen LogP contribution in [-0.4, -0.2) is 12.5 Å². The number of para-hydroxylation sites is 1. The van der Waals surface area contributed by atoms with Gasteiger partial charge >= 0.3 is 0 Å². The molecule has 1 rings (SSSR count). The Kier molecular flexibility index (Phi) is 3.12. The van der Waals surface area contributed by atoms with Crippen LogP contribution in [0.15, 0.2) is 30.3 Å².